The third-order valence-electron chi connectivity index (χ3n) is 3.53. The number of nitrogens with zero attached hydrogens (tertiary/aromatic N) is 2. The highest BCUT2D eigenvalue weighted by atomic mass is 16.5. The van der Waals surface area contributed by atoms with Gasteiger partial charge in [-0.25, -0.2) is 0 Å². The van der Waals surface area contributed by atoms with E-state index in [1.165, 1.54) is 0 Å². The first-order chi connectivity index (χ1) is 9.70. The number of aromatic nitrogens is 2. The molecule has 1 aliphatic rings. The lowest BCUT2D eigenvalue weighted by Gasteiger charge is -2.09. The van der Waals surface area contributed by atoms with Crippen molar-refractivity contribution >= 4 is 5.78 Å². The zero-order chi connectivity index (χ0) is 14.1. The summed E-state index contributed by atoms with van der Waals surface area (Å²) in [5.74, 6) is 0.701. The van der Waals surface area contributed by atoms with Gasteiger partial charge in [-0.1, -0.05) is 19.1 Å². The maximum absolute atomic E-state index is 12.8. The summed E-state index contributed by atoms with van der Waals surface area (Å²) < 4.78 is 5.62. The van der Waals surface area contributed by atoms with Crippen molar-refractivity contribution in [2.45, 2.75) is 26.7 Å². The SMILES string of the molecule is CCc1nnc(C)cc1C(=O)c1cccc2c1OCC2. The van der Waals surface area contributed by atoms with Gasteiger partial charge in [-0.05, 0) is 31.0 Å². The van der Waals surface area contributed by atoms with Crippen molar-refractivity contribution in [1.82, 2.24) is 10.2 Å². The Morgan fingerprint density at radius 3 is 2.95 bits per heavy atom. The smallest absolute Gasteiger partial charge is 0.198 e. The molecule has 1 aromatic carbocycles. The summed E-state index contributed by atoms with van der Waals surface area (Å²) in [6, 6.07) is 7.55. The van der Waals surface area contributed by atoms with Gasteiger partial charge in [-0.15, -0.1) is 0 Å². The molecule has 1 aliphatic heterocycles. The molecule has 0 fully saturated rings. The van der Waals surface area contributed by atoms with Crippen LogP contribution in [-0.2, 0) is 12.8 Å². The second kappa shape index (κ2) is 5.04. The molecule has 0 saturated carbocycles. The lowest BCUT2D eigenvalue weighted by atomic mass is 9.98. The second-order valence-corrected chi connectivity index (χ2v) is 4.92. The molecule has 20 heavy (non-hydrogen) atoms. The number of hydrogen-bond donors (Lipinski definition) is 0. The van der Waals surface area contributed by atoms with E-state index in [9.17, 15) is 4.79 Å². The fraction of sp³-hybridized carbons (Fsp3) is 0.312. The Morgan fingerprint density at radius 2 is 2.15 bits per heavy atom. The van der Waals surface area contributed by atoms with Crippen LogP contribution in [0.4, 0.5) is 0 Å². The highest BCUT2D eigenvalue weighted by molar-refractivity contribution is 6.11. The topological polar surface area (TPSA) is 52.1 Å². The molecule has 1 aromatic heterocycles. The molecule has 4 heteroatoms. The molecular weight excluding hydrogens is 252 g/mol. The Kier molecular flexibility index (Phi) is 3.22. The van der Waals surface area contributed by atoms with E-state index in [1.807, 2.05) is 38.1 Å². The van der Waals surface area contributed by atoms with Crippen molar-refractivity contribution < 1.29 is 9.53 Å². The molecule has 2 heterocycles. The quantitative estimate of drug-likeness (QED) is 0.803. The van der Waals surface area contributed by atoms with Gasteiger partial charge in [0.1, 0.15) is 5.75 Å². The largest absolute Gasteiger partial charge is 0.492 e. The van der Waals surface area contributed by atoms with Crippen LogP contribution in [0.5, 0.6) is 5.75 Å². The molecular formula is C16H16N2O2. The van der Waals surface area contributed by atoms with Crippen LogP contribution in [0.25, 0.3) is 0 Å². The van der Waals surface area contributed by atoms with Gasteiger partial charge in [0.25, 0.3) is 0 Å². The molecule has 0 amide bonds. The number of carbonyl (C=O) groups excluding carboxylic acids is 1. The number of fused-ring (bicyclic) bond motifs is 1. The maximum atomic E-state index is 12.8. The minimum Gasteiger partial charge on any atom is -0.492 e. The average Bonchev–Trinajstić information content (AvgIpc) is 2.94. The number of benzene rings is 1. The molecule has 0 radical (unpaired) electrons. The molecule has 2 aromatic rings. The van der Waals surface area contributed by atoms with Crippen LogP contribution in [0.3, 0.4) is 0 Å². The van der Waals surface area contributed by atoms with Crippen LogP contribution < -0.4 is 4.74 Å². The van der Waals surface area contributed by atoms with Crippen molar-refractivity contribution in [1.29, 1.82) is 0 Å². The van der Waals surface area contributed by atoms with Crippen LogP contribution in [0, 0.1) is 6.92 Å². The number of aryl methyl sites for hydroxylation is 2. The van der Waals surface area contributed by atoms with Gasteiger partial charge < -0.3 is 4.74 Å². The Balaban J connectivity index is 2.10. The number of ketones is 1. The van der Waals surface area contributed by atoms with E-state index >= 15 is 0 Å². The van der Waals surface area contributed by atoms with E-state index in [1.54, 1.807) is 0 Å². The van der Waals surface area contributed by atoms with Crippen molar-refractivity contribution in [3.63, 3.8) is 0 Å². The molecule has 0 aliphatic carbocycles. The number of hydrogen-bond acceptors (Lipinski definition) is 4. The summed E-state index contributed by atoms with van der Waals surface area (Å²) in [4.78, 5) is 12.8. The molecule has 0 N–H and O–H groups in total. The van der Waals surface area contributed by atoms with Crippen molar-refractivity contribution in [3.05, 3.63) is 52.3 Å². The molecule has 102 valence electrons. The van der Waals surface area contributed by atoms with E-state index in [0.717, 1.165) is 29.1 Å². The third-order valence-corrected chi connectivity index (χ3v) is 3.53. The van der Waals surface area contributed by atoms with Crippen LogP contribution in [0.2, 0.25) is 0 Å². The fourth-order valence-electron chi connectivity index (χ4n) is 2.51. The van der Waals surface area contributed by atoms with Gasteiger partial charge in [0.15, 0.2) is 5.78 Å². The minimum absolute atomic E-state index is 0.0291. The first-order valence-electron chi connectivity index (χ1n) is 6.83. The summed E-state index contributed by atoms with van der Waals surface area (Å²) in [5.41, 5.74) is 3.84. The van der Waals surface area contributed by atoms with E-state index in [-0.39, 0.29) is 5.78 Å². The minimum atomic E-state index is -0.0291. The Hall–Kier alpha value is -2.23. The molecule has 0 spiro atoms. The average molecular weight is 268 g/mol. The van der Waals surface area contributed by atoms with Crippen LogP contribution in [-0.4, -0.2) is 22.6 Å². The molecule has 0 atom stereocenters. The van der Waals surface area contributed by atoms with Gasteiger partial charge in [0.05, 0.1) is 23.6 Å². The number of ether oxygens (including phenoxy) is 1. The number of carbonyl (C=O) groups is 1. The molecule has 0 saturated heterocycles. The maximum Gasteiger partial charge on any atom is 0.198 e. The van der Waals surface area contributed by atoms with Gasteiger partial charge >= 0.3 is 0 Å². The lowest BCUT2D eigenvalue weighted by Crippen LogP contribution is -2.10. The van der Waals surface area contributed by atoms with E-state index in [0.29, 0.717) is 24.2 Å². The number of rotatable bonds is 3. The summed E-state index contributed by atoms with van der Waals surface area (Å²) >= 11 is 0. The van der Waals surface area contributed by atoms with Crippen LogP contribution in [0.15, 0.2) is 24.3 Å². The zero-order valence-electron chi connectivity index (χ0n) is 11.6. The molecule has 3 rings (SSSR count). The van der Waals surface area contributed by atoms with E-state index in [4.69, 9.17) is 4.74 Å². The Labute approximate surface area is 117 Å². The zero-order valence-corrected chi connectivity index (χ0v) is 11.6. The molecule has 0 unspecified atom stereocenters. The normalized spacial score (nSPS) is 12.9. The third kappa shape index (κ3) is 2.07. The van der Waals surface area contributed by atoms with E-state index < -0.39 is 0 Å². The second-order valence-electron chi connectivity index (χ2n) is 4.92. The summed E-state index contributed by atoms with van der Waals surface area (Å²) in [7, 11) is 0. The summed E-state index contributed by atoms with van der Waals surface area (Å²) in [5, 5.41) is 8.15. The standard InChI is InChI=1S/C16H16N2O2/c1-3-14-13(9-10(2)17-18-14)15(19)12-6-4-5-11-7-8-20-16(11)12/h4-6,9H,3,7-8H2,1-2H3. The number of para-hydroxylation sites is 1. The van der Waals surface area contributed by atoms with Gasteiger partial charge in [0, 0.05) is 12.0 Å². The lowest BCUT2D eigenvalue weighted by molar-refractivity contribution is 0.103. The van der Waals surface area contributed by atoms with Gasteiger partial charge in [-0.2, -0.15) is 10.2 Å². The monoisotopic (exact) mass is 268 g/mol. The first-order valence-corrected chi connectivity index (χ1v) is 6.83. The van der Waals surface area contributed by atoms with Crippen molar-refractivity contribution in [3.8, 4) is 5.75 Å². The highest BCUT2D eigenvalue weighted by Gasteiger charge is 2.23. The van der Waals surface area contributed by atoms with Gasteiger partial charge in [0.2, 0.25) is 0 Å². The fourth-order valence-corrected chi connectivity index (χ4v) is 2.51. The summed E-state index contributed by atoms with van der Waals surface area (Å²) in [6.45, 7) is 4.46. The predicted molar refractivity (Wildman–Crippen MR) is 75.2 cm³/mol. The predicted octanol–water partition coefficient (Wildman–Crippen LogP) is 2.51. The van der Waals surface area contributed by atoms with Crippen LogP contribution >= 0.6 is 0 Å². The molecule has 4 nitrogen and oxygen atoms in total. The van der Waals surface area contributed by atoms with Gasteiger partial charge in [-0.3, -0.25) is 4.79 Å². The Bertz CT molecular complexity index is 676. The summed E-state index contributed by atoms with van der Waals surface area (Å²) in [6.07, 6.45) is 1.55. The first kappa shape index (κ1) is 12.8. The van der Waals surface area contributed by atoms with Crippen LogP contribution in [0.1, 0.15) is 39.8 Å². The van der Waals surface area contributed by atoms with Crippen molar-refractivity contribution in [2.75, 3.05) is 6.61 Å². The van der Waals surface area contributed by atoms with Crippen molar-refractivity contribution in [2.24, 2.45) is 0 Å². The van der Waals surface area contributed by atoms with E-state index in [2.05, 4.69) is 10.2 Å². The highest BCUT2D eigenvalue weighted by Crippen LogP contribution is 2.31. The Morgan fingerprint density at radius 1 is 1.30 bits per heavy atom. The molecule has 0 bridgehead atoms.